The van der Waals surface area contributed by atoms with Gasteiger partial charge in [0.05, 0.1) is 26.1 Å². The molecule has 0 bridgehead atoms. The van der Waals surface area contributed by atoms with Gasteiger partial charge in [0.25, 0.3) is 0 Å². The van der Waals surface area contributed by atoms with Gasteiger partial charge in [-0.15, -0.1) is 11.6 Å². The molecule has 0 aromatic carbocycles. The lowest BCUT2D eigenvalue weighted by Crippen LogP contribution is -2.41. The van der Waals surface area contributed by atoms with Gasteiger partial charge < -0.3 is 24.5 Å². The average Bonchev–Trinajstić information content (AvgIpc) is 2.99. The lowest BCUT2D eigenvalue weighted by atomic mass is 10.3. The zero-order chi connectivity index (χ0) is 19.4. The van der Waals surface area contributed by atoms with Crippen LogP contribution >= 0.6 is 11.6 Å². The highest BCUT2D eigenvalue weighted by Crippen LogP contribution is 2.19. The van der Waals surface area contributed by atoms with Gasteiger partial charge >= 0.3 is 12.0 Å². The summed E-state index contributed by atoms with van der Waals surface area (Å²) < 4.78 is 11.6. The van der Waals surface area contributed by atoms with Crippen LogP contribution in [-0.2, 0) is 29.0 Å². The van der Waals surface area contributed by atoms with Crippen molar-refractivity contribution >= 4 is 23.6 Å². The Morgan fingerprint density at radius 1 is 1.32 bits per heavy atom. The van der Waals surface area contributed by atoms with E-state index in [1.807, 2.05) is 27.7 Å². The normalized spacial score (nSPS) is 13.1. The molecule has 25 heavy (non-hydrogen) atoms. The van der Waals surface area contributed by atoms with E-state index in [4.69, 9.17) is 21.1 Å². The summed E-state index contributed by atoms with van der Waals surface area (Å²) in [4.78, 5) is 27.5. The number of nitro groups is 1. The number of hydrogen-bond acceptors (Lipinski definition) is 6. The summed E-state index contributed by atoms with van der Waals surface area (Å²) in [6.45, 7) is 9.76. The molecule has 1 aromatic rings. The molecule has 1 aliphatic rings. The first-order valence-electron chi connectivity index (χ1n) is 8.29. The van der Waals surface area contributed by atoms with Crippen LogP contribution in [0.15, 0.2) is 0 Å². The van der Waals surface area contributed by atoms with Crippen molar-refractivity contribution in [3.63, 3.8) is 0 Å². The third-order valence-corrected chi connectivity index (χ3v) is 3.42. The quantitative estimate of drug-likeness (QED) is 0.453. The number of carbonyl (C=O) groups is 1. The molecule has 2 heterocycles. The van der Waals surface area contributed by atoms with E-state index in [2.05, 4.69) is 4.98 Å². The Bertz CT molecular complexity index is 544. The number of rotatable bonds is 4. The molecule has 0 N–H and O–H groups in total. The molecule has 0 radical (unpaired) electrons. The van der Waals surface area contributed by atoms with Gasteiger partial charge in [0.15, 0.2) is 18.0 Å². The summed E-state index contributed by atoms with van der Waals surface area (Å²) in [5.74, 6) is -0.324. The predicted molar refractivity (Wildman–Crippen MR) is 94.7 cm³/mol. The molecule has 0 unspecified atom stereocenters. The molecule has 1 aromatic heterocycles. The molecule has 10 heteroatoms. The Hall–Kier alpha value is -1.87. The second-order valence-electron chi connectivity index (χ2n) is 4.41. The molecule has 9 nitrogen and oxygen atoms in total. The summed E-state index contributed by atoms with van der Waals surface area (Å²) in [6, 6.07) is 0. The fraction of sp³-hybridized carbons (Fsp3) is 0.733. The van der Waals surface area contributed by atoms with E-state index in [0.29, 0.717) is 37.7 Å². The van der Waals surface area contributed by atoms with Crippen LogP contribution in [-0.4, -0.2) is 51.8 Å². The van der Waals surface area contributed by atoms with E-state index in [0.717, 1.165) is 0 Å². The van der Waals surface area contributed by atoms with Gasteiger partial charge in [0.1, 0.15) is 0 Å². The zero-order valence-electron chi connectivity index (χ0n) is 15.5. The van der Waals surface area contributed by atoms with Gasteiger partial charge in [0, 0.05) is 13.1 Å². The molecule has 2 rings (SSSR count). The second-order valence-corrected chi connectivity index (χ2v) is 4.68. The fourth-order valence-electron chi connectivity index (χ4n) is 1.99. The van der Waals surface area contributed by atoms with Gasteiger partial charge in [-0.05, 0) is 4.92 Å². The highest BCUT2D eigenvalue weighted by Gasteiger charge is 2.26. The predicted octanol–water partition coefficient (Wildman–Crippen LogP) is 3.09. The summed E-state index contributed by atoms with van der Waals surface area (Å²) >= 11 is 5.72. The van der Waals surface area contributed by atoms with E-state index in [1.54, 1.807) is 0 Å². The first-order chi connectivity index (χ1) is 12.0. The topological polar surface area (TPSA) is 99.7 Å². The SMILES string of the molecule is CC.CC.Cn1c([N+](=O)[O-])nc(CCl)c1COC(=O)N1CCOCC1. The Kier molecular flexibility index (Phi) is 11.6. The molecule has 1 saturated heterocycles. The van der Waals surface area contributed by atoms with Crippen molar-refractivity contribution in [3.8, 4) is 0 Å². The van der Waals surface area contributed by atoms with Crippen LogP contribution in [0.3, 0.4) is 0 Å². The van der Waals surface area contributed by atoms with Crippen molar-refractivity contribution in [1.29, 1.82) is 0 Å². The van der Waals surface area contributed by atoms with Gasteiger partial charge in [-0.3, -0.25) is 0 Å². The highest BCUT2D eigenvalue weighted by atomic mass is 35.5. The minimum atomic E-state index is -0.608. The Balaban J connectivity index is 0.00000134. The average molecular weight is 379 g/mol. The lowest BCUT2D eigenvalue weighted by molar-refractivity contribution is -0.396. The first kappa shape index (κ1) is 23.1. The molecule has 0 saturated carbocycles. The van der Waals surface area contributed by atoms with Crippen LogP contribution in [0.1, 0.15) is 39.1 Å². The van der Waals surface area contributed by atoms with Crippen LogP contribution in [0.4, 0.5) is 10.7 Å². The smallest absolute Gasteiger partial charge is 0.435 e. The van der Waals surface area contributed by atoms with Gasteiger partial charge in [0.2, 0.25) is 0 Å². The van der Waals surface area contributed by atoms with Crippen LogP contribution in [0, 0.1) is 10.1 Å². The van der Waals surface area contributed by atoms with Crippen molar-refractivity contribution in [1.82, 2.24) is 14.5 Å². The number of amides is 1. The van der Waals surface area contributed by atoms with Gasteiger partial charge in [-0.2, -0.15) is 0 Å². The summed E-state index contributed by atoms with van der Waals surface area (Å²) in [5.41, 5.74) is 0.749. The number of imidazole rings is 1. The monoisotopic (exact) mass is 378 g/mol. The van der Waals surface area contributed by atoms with E-state index in [9.17, 15) is 14.9 Å². The molecule has 1 aliphatic heterocycles. The fourth-order valence-corrected chi connectivity index (χ4v) is 2.21. The molecule has 0 atom stereocenters. The number of alkyl halides is 1. The third-order valence-electron chi connectivity index (χ3n) is 3.16. The van der Waals surface area contributed by atoms with Crippen LogP contribution < -0.4 is 0 Å². The number of aromatic nitrogens is 2. The number of morpholine rings is 1. The summed E-state index contributed by atoms with van der Waals surface area (Å²) in [5, 5.41) is 10.8. The second kappa shape index (κ2) is 12.5. The maximum absolute atomic E-state index is 11.9. The van der Waals surface area contributed by atoms with Crippen molar-refractivity contribution in [2.24, 2.45) is 7.05 Å². The van der Waals surface area contributed by atoms with Crippen LogP contribution in [0.2, 0.25) is 0 Å². The number of nitrogens with zero attached hydrogens (tertiary/aromatic N) is 4. The minimum absolute atomic E-state index is 0.00607. The number of carbonyl (C=O) groups excluding carboxylic acids is 1. The van der Waals surface area contributed by atoms with Crippen molar-refractivity contribution in [2.45, 2.75) is 40.2 Å². The van der Waals surface area contributed by atoms with Crippen LogP contribution in [0.5, 0.6) is 0 Å². The molecule has 144 valence electrons. The maximum Gasteiger partial charge on any atom is 0.435 e. The molecular weight excluding hydrogens is 352 g/mol. The zero-order valence-corrected chi connectivity index (χ0v) is 16.2. The van der Waals surface area contributed by atoms with Gasteiger partial charge in [-0.25, -0.2) is 9.36 Å². The molecular formula is C15H27ClN4O5. The minimum Gasteiger partial charge on any atom is -0.441 e. The Morgan fingerprint density at radius 3 is 2.36 bits per heavy atom. The summed E-state index contributed by atoms with van der Waals surface area (Å²) in [6.07, 6.45) is -0.484. The van der Waals surface area contributed by atoms with E-state index < -0.39 is 11.0 Å². The lowest BCUT2D eigenvalue weighted by Gasteiger charge is -2.25. The molecule has 0 aliphatic carbocycles. The third kappa shape index (κ3) is 6.50. The standard InChI is InChI=1S/C11H15ClN4O5.2C2H6/c1-14-9(8(6-12)13-10(14)16(18)19)7-21-11(17)15-2-4-20-5-3-15;2*1-2/h2-7H2,1H3;2*1-2H3. The highest BCUT2D eigenvalue weighted by molar-refractivity contribution is 6.17. The van der Waals surface area contributed by atoms with Gasteiger partial charge in [-0.1, -0.05) is 32.7 Å². The van der Waals surface area contributed by atoms with E-state index >= 15 is 0 Å². The van der Waals surface area contributed by atoms with Crippen molar-refractivity contribution in [3.05, 3.63) is 21.5 Å². The molecule has 1 fully saturated rings. The van der Waals surface area contributed by atoms with Crippen molar-refractivity contribution in [2.75, 3.05) is 26.3 Å². The number of halogens is 1. The first-order valence-corrected chi connectivity index (χ1v) is 8.82. The van der Waals surface area contributed by atoms with E-state index in [1.165, 1.54) is 16.5 Å². The molecule has 1 amide bonds. The van der Waals surface area contributed by atoms with E-state index in [-0.39, 0.29) is 18.4 Å². The molecule has 0 spiro atoms. The van der Waals surface area contributed by atoms with Crippen molar-refractivity contribution < 1.29 is 19.2 Å². The summed E-state index contributed by atoms with van der Waals surface area (Å²) in [7, 11) is 1.49. The Labute approximate surface area is 153 Å². The van der Waals surface area contributed by atoms with Crippen LogP contribution in [0.25, 0.3) is 0 Å². The number of ether oxygens (including phenoxy) is 2. The largest absolute Gasteiger partial charge is 0.441 e. The Morgan fingerprint density at radius 2 is 1.88 bits per heavy atom. The number of hydrogen-bond donors (Lipinski definition) is 0. The maximum atomic E-state index is 11.9.